The highest BCUT2D eigenvalue weighted by molar-refractivity contribution is 5.85. The van der Waals surface area contributed by atoms with Crippen LogP contribution in [0, 0.1) is 5.41 Å². The summed E-state index contributed by atoms with van der Waals surface area (Å²) in [7, 11) is 0. The van der Waals surface area contributed by atoms with Crippen molar-refractivity contribution in [3.8, 4) is 0 Å². The molecule has 0 saturated heterocycles. The van der Waals surface area contributed by atoms with E-state index < -0.39 is 5.41 Å². The smallest absolute Gasteiger partial charge is 0.227 e. The molecule has 0 fully saturated rings. The lowest BCUT2D eigenvalue weighted by Crippen LogP contribution is -2.45. The van der Waals surface area contributed by atoms with Crippen molar-refractivity contribution < 1.29 is 9.90 Å². The largest absolute Gasteiger partial charge is 0.392 e. The molecular weight excluding hydrogens is 276 g/mol. The van der Waals surface area contributed by atoms with Gasteiger partial charge < -0.3 is 16.2 Å². The first kappa shape index (κ1) is 18.9. The van der Waals surface area contributed by atoms with Crippen LogP contribution in [0.1, 0.15) is 37.8 Å². The fraction of sp³-hybridized carbons (Fsp3) is 0.533. The molecule has 0 unspecified atom stereocenters. The molecular formula is C15H25ClN2O2. The maximum atomic E-state index is 12.2. The van der Waals surface area contributed by atoms with Crippen LogP contribution >= 0.6 is 12.4 Å². The second-order valence-electron chi connectivity index (χ2n) is 4.85. The summed E-state index contributed by atoms with van der Waals surface area (Å²) in [5.41, 5.74) is 7.12. The second-order valence-corrected chi connectivity index (χ2v) is 4.85. The van der Waals surface area contributed by atoms with E-state index in [0.29, 0.717) is 13.1 Å². The molecule has 0 aromatic heterocycles. The maximum Gasteiger partial charge on any atom is 0.227 e. The fourth-order valence-electron chi connectivity index (χ4n) is 2.16. The van der Waals surface area contributed by atoms with E-state index in [1.165, 1.54) is 0 Å². The summed E-state index contributed by atoms with van der Waals surface area (Å²) in [6.07, 6.45) is 1.48. The van der Waals surface area contributed by atoms with Gasteiger partial charge in [0.1, 0.15) is 0 Å². The monoisotopic (exact) mass is 300 g/mol. The van der Waals surface area contributed by atoms with Crippen LogP contribution in [0.25, 0.3) is 0 Å². The zero-order chi connectivity index (χ0) is 14.3. The Morgan fingerprint density at radius 2 is 1.90 bits per heavy atom. The number of aliphatic hydroxyl groups is 1. The number of aliphatic hydroxyl groups excluding tert-OH is 1. The Kier molecular flexibility index (Phi) is 8.46. The van der Waals surface area contributed by atoms with Gasteiger partial charge in [0.2, 0.25) is 5.91 Å². The molecule has 4 N–H and O–H groups in total. The molecule has 0 radical (unpaired) electrons. The van der Waals surface area contributed by atoms with Gasteiger partial charge in [-0.1, -0.05) is 38.1 Å². The lowest BCUT2D eigenvalue weighted by atomic mass is 9.81. The summed E-state index contributed by atoms with van der Waals surface area (Å²) in [6.45, 7) is 4.82. The van der Waals surface area contributed by atoms with Crippen LogP contribution in [0.15, 0.2) is 24.3 Å². The maximum absolute atomic E-state index is 12.2. The van der Waals surface area contributed by atoms with Crippen molar-refractivity contribution in [2.45, 2.75) is 39.8 Å². The average Bonchev–Trinajstić information content (AvgIpc) is 2.47. The van der Waals surface area contributed by atoms with E-state index in [2.05, 4.69) is 5.32 Å². The van der Waals surface area contributed by atoms with Crippen molar-refractivity contribution in [3.05, 3.63) is 35.4 Å². The number of halogens is 1. The number of benzene rings is 1. The molecule has 0 heterocycles. The van der Waals surface area contributed by atoms with Crippen LogP contribution < -0.4 is 11.1 Å². The first-order valence-electron chi connectivity index (χ1n) is 6.79. The first-order chi connectivity index (χ1) is 9.11. The van der Waals surface area contributed by atoms with Crippen molar-refractivity contribution in [1.29, 1.82) is 0 Å². The van der Waals surface area contributed by atoms with Gasteiger partial charge in [-0.2, -0.15) is 0 Å². The second kappa shape index (κ2) is 8.95. The normalized spacial score (nSPS) is 10.8. The highest BCUT2D eigenvalue weighted by Gasteiger charge is 2.32. The lowest BCUT2D eigenvalue weighted by Gasteiger charge is -2.28. The molecule has 1 aromatic carbocycles. The van der Waals surface area contributed by atoms with Gasteiger partial charge in [0, 0.05) is 13.1 Å². The molecule has 0 saturated carbocycles. The van der Waals surface area contributed by atoms with Crippen LogP contribution in [0.4, 0.5) is 0 Å². The van der Waals surface area contributed by atoms with Crippen molar-refractivity contribution in [2.24, 2.45) is 11.1 Å². The Bertz CT molecular complexity index is 412. The zero-order valence-corrected chi connectivity index (χ0v) is 13.0. The van der Waals surface area contributed by atoms with Crippen molar-refractivity contribution in [1.82, 2.24) is 5.32 Å². The lowest BCUT2D eigenvalue weighted by molar-refractivity contribution is -0.131. The molecule has 0 atom stereocenters. The third-order valence-corrected chi connectivity index (χ3v) is 3.85. The van der Waals surface area contributed by atoms with Gasteiger partial charge in [0.05, 0.1) is 12.0 Å². The molecule has 5 heteroatoms. The van der Waals surface area contributed by atoms with Crippen molar-refractivity contribution in [2.75, 3.05) is 6.54 Å². The van der Waals surface area contributed by atoms with Gasteiger partial charge >= 0.3 is 0 Å². The minimum Gasteiger partial charge on any atom is -0.392 e. The van der Waals surface area contributed by atoms with E-state index in [0.717, 1.165) is 24.0 Å². The molecule has 114 valence electrons. The van der Waals surface area contributed by atoms with Crippen LogP contribution in [0.2, 0.25) is 0 Å². The number of nitrogens with one attached hydrogen (secondary N) is 1. The molecule has 4 nitrogen and oxygen atoms in total. The summed E-state index contributed by atoms with van der Waals surface area (Å²) >= 11 is 0. The molecule has 1 rings (SSSR count). The van der Waals surface area contributed by atoms with Gasteiger partial charge in [-0.3, -0.25) is 4.79 Å². The van der Waals surface area contributed by atoms with E-state index in [-0.39, 0.29) is 24.9 Å². The predicted octanol–water partition coefficient (Wildman–Crippen LogP) is 1.98. The van der Waals surface area contributed by atoms with E-state index in [1.54, 1.807) is 0 Å². The van der Waals surface area contributed by atoms with Gasteiger partial charge in [-0.15, -0.1) is 12.4 Å². The van der Waals surface area contributed by atoms with E-state index in [4.69, 9.17) is 10.8 Å². The van der Waals surface area contributed by atoms with Gasteiger partial charge in [0.25, 0.3) is 0 Å². The summed E-state index contributed by atoms with van der Waals surface area (Å²) < 4.78 is 0. The SMILES string of the molecule is CCC(CC)(CN)C(=O)NCc1cccc(CO)c1.Cl. The number of carbonyl (C=O) groups excluding carboxylic acids is 1. The van der Waals surface area contributed by atoms with Gasteiger partial charge in [-0.05, 0) is 24.0 Å². The first-order valence-corrected chi connectivity index (χ1v) is 6.79. The Morgan fingerprint density at radius 3 is 2.40 bits per heavy atom. The molecule has 0 bridgehead atoms. The zero-order valence-electron chi connectivity index (χ0n) is 12.2. The number of amides is 1. The number of carbonyl (C=O) groups is 1. The fourth-order valence-corrected chi connectivity index (χ4v) is 2.16. The van der Waals surface area contributed by atoms with Crippen LogP contribution in [0.3, 0.4) is 0 Å². The summed E-state index contributed by atoms with van der Waals surface area (Å²) in [5, 5.41) is 12.0. The Balaban J connectivity index is 0.00000361. The van der Waals surface area contributed by atoms with Crippen molar-refractivity contribution in [3.63, 3.8) is 0 Å². The summed E-state index contributed by atoms with van der Waals surface area (Å²) in [6, 6.07) is 7.56. The van der Waals surface area contributed by atoms with Crippen LogP contribution in [-0.2, 0) is 17.9 Å². The van der Waals surface area contributed by atoms with Crippen LogP contribution in [0.5, 0.6) is 0 Å². The van der Waals surface area contributed by atoms with Crippen LogP contribution in [-0.4, -0.2) is 17.6 Å². The number of hydrogen-bond acceptors (Lipinski definition) is 3. The predicted molar refractivity (Wildman–Crippen MR) is 83.5 cm³/mol. The number of rotatable bonds is 7. The molecule has 0 aliphatic rings. The summed E-state index contributed by atoms with van der Waals surface area (Å²) in [5.74, 6) is 0.00871. The van der Waals surface area contributed by atoms with Gasteiger partial charge in [0.15, 0.2) is 0 Å². The van der Waals surface area contributed by atoms with E-state index in [9.17, 15) is 4.79 Å². The van der Waals surface area contributed by atoms with E-state index in [1.807, 2.05) is 38.1 Å². The molecule has 1 aromatic rings. The number of nitrogens with two attached hydrogens (primary N) is 1. The third kappa shape index (κ3) is 4.47. The van der Waals surface area contributed by atoms with Gasteiger partial charge in [-0.25, -0.2) is 0 Å². The Hall–Kier alpha value is -1.10. The Morgan fingerprint density at radius 1 is 1.30 bits per heavy atom. The number of hydrogen-bond donors (Lipinski definition) is 3. The third-order valence-electron chi connectivity index (χ3n) is 3.85. The molecule has 0 aliphatic carbocycles. The minimum absolute atomic E-state index is 0. The quantitative estimate of drug-likeness (QED) is 0.721. The minimum atomic E-state index is -0.464. The molecule has 0 spiro atoms. The van der Waals surface area contributed by atoms with Crippen molar-refractivity contribution >= 4 is 18.3 Å². The standard InChI is InChI=1S/C15H24N2O2.ClH/c1-3-15(4-2,11-16)14(19)17-9-12-6-5-7-13(8-12)10-18;/h5-8,18H,3-4,9-11,16H2,1-2H3,(H,17,19);1H. The summed E-state index contributed by atoms with van der Waals surface area (Å²) in [4.78, 5) is 12.2. The average molecular weight is 301 g/mol. The Labute approximate surface area is 127 Å². The molecule has 20 heavy (non-hydrogen) atoms. The molecule has 1 amide bonds. The topological polar surface area (TPSA) is 75.4 Å². The molecule has 0 aliphatic heterocycles. The highest BCUT2D eigenvalue weighted by Crippen LogP contribution is 2.25. The van der Waals surface area contributed by atoms with E-state index >= 15 is 0 Å². The highest BCUT2D eigenvalue weighted by atomic mass is 35.5.